The maximum Gasteiger partial charge on any atom is 0.244 e. The van der Waals surface area contributed by atoms with Gasteiger partial charge in [-0.1, -0.05) is 19.9 Å². The van der Waals surface area contributed by atoms with Crippen LogP contribution in [-0.2, 0) is 0 Å². The largest absolute Gasteiger partial charge is 0.494 e. The van der Waals surface area contributed by atoms with E-state index < -0.39 is 5.92 Å². The first-order valence-electron chi connectivity index (χ1n) is 11.9. The van der Waals surface area contributed by atoms with Crippen molar-refractivity contribution < 1.29 is 18.9 Å². The Morgan fingerprint density at radius 1 is 1.00 bits per heavy atom. The molecule has 2 aromatic carbocycles. The van der Waals surface area contributed by atoms with E-state index in [9.17, 15) is 5.26 Å². The molecule has 1 aromatic heterocycles. The maximum atomic E-state index is 10.0. The molecule has 2 heterocycles. The summed E-state index contributed by atoms with van der Waals surface area (Å²) in [5.74, 6) is 1.96. The Morgan fingerprint density at radius 2 is 1.74 bits per heavy atom. The minimum atomic E-state index is -0.493. The topological polar surface area (TPSA) is 115 Å². The number of nitriles is 1. The SMILES string of the molecule is CCCOc1ccc(-c2[nH]nc3c2[C@@H](c2ccc(OCCC)c(OCC)c2)C(C#N)=C(N)O3)cc1. The van der Waals surface area contributed by atoms with Crippen LogP contribution in [0.25, 0.3) is 11.3 Å². The lowest BCUT2D eigenvalue weighted by molar-refractivity contribution is 0.276. The van der Waals surface area contributed by atoms with Gasteiger partial charge in [0, 0.05) is 5.56 Å². The van der Waals surface area contributed by atoms with E-state index >= 15 is 0 Å². The number of nitrogens with zero attached hydrogens (tertiary/aromatic N) is 2. The van der Waals surface area contributed by atoms with Crippen molar-refractivity contribution in [3.63, 3.8) is 0 Å². The maximum absolute atomic E-state index is 10.0. The Labute approximate surface area is 205 Å². The highest BCUT2D eigenvalue weighted by atomic mass is 16.5. The molecule has 8 nitrogen and oxygen atoms in total. The standard InChI is InChI=1S/C27H30N4O4/c1-4-13-33-19-10-7-17(8-11-19)25-24-23(20(16-28)26(29)35-27(24)31-30-25)18-9-12-21(34-14-5-2)22(15-18)32-6-3/h7-12,15,23H,4-6,13-14,29H2,1-3H3,(H,30,31)/t23-/m0/s1. The number of nitrogens with one attached hydrogen (secondary N) is 1. The van der Waals surface area contributed by atoms with Crippen LogP contribution in [0.4, 0.5) is 0 Å². The van der Waals surface area contributed by atoms with E-state index in [4.69, 9.17) is 24.7 Å². The first-order valence-corrected chi connectivity index (χ1v) is 11.9. The fraction of sp³-hybridized carbons (Fsp3) is 0.333. The predicted molar refractivity (Wildman–Crippen MR) is 133 cm³/mol. The molecule has 0 amide bonds. The number of nitrogens with two attached hydrogens (primary N) is 1. The van der Waals surface area contributed by atoms with Crippen LogP contribution < -0.4 is 24.7 Å². The van der Waals surface area contributed by atoms with Crippen molar-refractivity contribution >= 4 is 0 Å². The molecule has 0 saturated heterocycles. The summed E-state index contributed by atoms with van der Waals surface area (Å²) in [5.41, 5.74) is 9.66. The Hall–Kier alpha value is -4.12. The molecule has 0 spiro atoms. The van der Waals surface area contributed by atoms with Gasteiger partial charge in [0.25, 0.3) is 0 Å². The molecule has 1 aliphatic rings. The number of aromatic amines is 1. The summed E-state index contributed by atoms with van der Waals surface area (Å²) < 4.78 is 23.2. The Bertz CT molecular complexity index is 1240. The fourth-order valence-electron chi connectivity index (χ4n) is 4.04. The molecule has 35 heavy (non-hydrogen) atoms. The third-order valence-electron chi connectivity index (χ3n) is 5.62. The number of allylic oxidation sites excluding steroid dienone is 1. The highest BCUT2D eigenvalue weighted by Crippen LogP contribution is 2.47. The van der Waals surface area contributed by atoms with Gasteiger partial charge >= 0.3 is 0 Å². The fourth-order valence-corrected chi connectivity index (χ4v) is 4.04. The Kier molecular flexibility index (Phi) is 7.46. The van der Waals surface area contributed by atoms with E-state index in [0.717, 1.165) is 41.0 Å². The molecule has 0 bridgehead atoms. The normalized spacial score (nSPS) is 14.6. The molecule has 0 radical (unpaired) electrons. The predicted octanol–water partition coefficient (Wildman–Crippen LogP) is 5.27. The van der Waals surface area contributed by atoms with E-state index in [1.54, 1.807) is 0 Å². The Balaban J connectivity index is 1.79. The van der Waals surface area contributed by atoms with Gasteiger partial charge in [0.2, 0.25) is 11.8 Å². The second-order valence-electron chi connectivity index (χ2n) is 8.10. The van der Waals surface area contributed by atoms with Crippen LogP contribution in [0, 0.1) is 11.3 Å². The highest BCUT2D eigenvalue weighted by Gasteiger charge is 2.36. The van der Waals surface area contributed by atoms with E-state index in [0.29, 0.717) is 42.8 Å². The number of benzene rings is 2. The summed E-state index contributed by atoms with van der Waals surface area (Å²) in [6.45, 7) is 7.76. The summed E-state index contributed by atoms with van der Waals surface area (Å²) in [4.78, 5) is 0. The molecule has 3 aromatic rings. The van der Waals surface area contributed by atoms with Gasteiger partial charge in [-0.3, -0.25) is 5.10 Å². The van der Waals surface area contributed by atoms with Crippen molar-refractivity contribution in [2.24, 2.45) is 5.73 Å². The molecule has 1 atom stereocenters. The molecular weight excluding hydrogens is 444 g/mol. The summed E-state index contributed by atoms with van der Waals surface area (Å²) in [5, 5.41) is 17.4. The van der Waals surface area contributed by atoms with Crippen molar-refractivity contribution in [1.82, 2.24) is 10.2 Å². The number of fused-ring (bicyclic) bond motifs is 1. The summed E-state index contributed by atoms with van der Waals surface area (Å²) >= 11 is 0. The monoisotopic (exact) mass is 474 g/mol. The number of aromatic nitrogens is 2. The molecule has 0 aliphatic carbocycles. The third kappa shape index (κ3) is 4.90. The molecule has 4 rings (SSSR count). The zero-order valence-corrected chi connectivity index (χ0v) is 20.3. The zero-order valence-electron chi connectivity index (χ0n) is 20.3. The molecule has 8 heteroatoms. The number of ether oxygens (including phenoxy) is 4. The van der Waals surface area contributed by atoms with Crippen LogP contribution in [0.1, 0.15) is 50.7 Å². The zero-order chi connectivity index (χ0) is 24.8. The van der Waals surface area contributed by atoms with Crippen LogP contribution in [0.15, 0.2) is 53.9 Å². The van der Waals surface area contributed by atoms with Crippen LogP contribution in [0.5, 0.6) is 23.1 Å². The van der Waals surface area contributed by atoms with Crippen molar-refractivity contribution in [2.45, 2.75) is 39.5 Å². The molecule has 182 valence electrons. The van der Waals surface area contributed by atoms with E-state index in [1.165, 1.54) is 0 Å². The van der Waals surface area contributed by atoms with Crippen molar-refractivity contribution in [2.75, 3.05) is 19.8 Å². The smallest absolute Gasteiger partial charge is 0.244 e. The second-order valence-corrected chi connectivity index (χ2v) is 8.10. The van der Waals surface area contributed by atoms with Crippen LogP contribution in [-0.4, -0.2) is 30.0 Å². The van der Waals surface area contributed by atoms with E-state index in [2.05, 4.69) is 23.2 Å². The number of hydrogen-bond donors (Lipinski definition) is 2. The second kappa shape index (κ2) is 10.9. The van der Waals surface area contributed by atoms with Crippen molar-refractivity contribution in [1.29, 1.82) is 5.26 Å². The van der Waals surface area contributed by atoms with Gasteiger partial charge in [-0.05, 0) is 61.7 Å². The lowest BCUT2D eigenvalue weighted by atomic mass is 9.83. The summed E-state index contributed by atoms with van der Waals surface area (Å²) in [7, 11) is 0. The summed E-state index contributed by atoms with van der Waals surface area (Å²) in [6, 6.07) is 15.7. The van der Waals surface area contributed by atoms with Crippen molar-refractivity contribution in [3.8, 4) is 40.5 Å². The summed E-state index contributed by atoms with van der Waals surface area (Å²) in [6.07, 6.45) is 1.82. The molecule has 0 unspecified atom stereocenters. The van der Waals surface area contributed by atoms with E-state index in [1.807, 2.05) is 56.3 Å². The highest BCUT2D eigenvalue weighted by molar-refractivity contribution is 5.71. The van der Waals surface area contributed by atoms with Crippen LogP contribution >= 0.6 is 0 Å². The van der Waals surface area contributed by atoms with Gasteiger partial charge in [-0.25, -0.2) is 0 Å². The quantitative estimate of drug-likeness (QED) is 0.411. The minimum Gasteiger partial charge on any atom is -0.494 e. The number of rotatable bonds is 10. The van der Waals surface area contributed by atoms with Crippen LogP contribution in [0.3, 0.4) is 0 Å². The lowest BCUT2D eigenvalue weighted by Crippen LogP contribution is -2.21. The lowest BCUT2D eigenvalue weighted by Gasteiger charge is -2.25. The van der Waals surface area contributed by atoms with Gasteiger partial charge in [-0.2, -0.15) is 5.26 Å². The minimum absolute atomic E-state index is 0.0376. The Morgan fingerprint density at radius 3 is 2.43 bits per heavy atom. The molecule has 0 fully saturated rings. The van der Waals surface area contributed by atoms with Gasteiger partial charge in [-0.15, -0.1) is 5.10 Å². The molecule has 1 aliphatic heterocycles. The van der Waals surface area contributed by atoms with Crippen molar-refractivity contribution in [3.05, 3.63) is 65.0 Å². The van der Waals surface area contributed by atoms with Gasteiger partial charge in [0.05, 0.1) is 37.0 Å². The number of hydrogen-bond acceptors (Lipinski definition) is 7. The van der Waals surface area contributed by atoms with Crippen LogP contribution in [0.2, 0.25) is 0 Å². The third-order valence-corrected chi connectivity index (χ3v) is 5.62. The first-order chi connectivity index (χ1) is 17.1. The van der Waals surface area contributed by atoms with Gasteiger partial charge in [0.15, 0.2) is 11.5 Å². The molecule has 3 N–H and O–H groups in total. The van der Waals surface area contributed by atoms with Gasteiger partial charge in [0.1, 0.15) is 17.4 Å². The number of H-pyrrole nitrogens is 1. The van der Waals surface area contributed by atoms with Gasteiger partial charge < -0.3 is 24.7 Å². The van der Waals surface area contributed by atoms with E-state index in [-0.39, 0.29) is 5.88 Å². The average Bonchev–Trinajstić information content (AvgIpc) is 3.29. The molecular formula is C27H30N4O4. The molecule has 0 saturated carbocycles. The first kappa shape index (κ1) is 24.0. The average molecular weight is 475 g/mol.